The number of nitrogens with zero attached hydrogens (tertiary/aromatic N) is 2. The summed E-state index contributed by atoms with van der Waals surface area (Å²) in [6, 6.07) is 3.56. The lowest BCUT2D eigenvalue weighted by Gasteiger charge is -2.35. The minimum Gasteiger partial charge on any atom is -0.504 e. The highest BCUT2D eigenvalue weighted by molar-refractivity contribution is 5.95. The number of pyridine rings is 1. The molecule has 2 fully saturated rings. The van der Waals surface area contributed by atoms with Crippen LogP contribution < -0.4 is 10.6 Å². The molecular formula is C15H22N4O2. The fourth-order valence-corrected chi connectivity index (χ4v) is 3.34. The molecule has 3 N–H and O–H groups in total. The van der Waals surface area contributed by atoms with Crippen molar-refractivity contribution in [3.05, 3.63) is 18.3 Å². The Morgan fingerprint density at radius 3 is 2.95 bits per heavy atom. The fourth-order valence-electron chi connectivity index (χ4n) is 3.34. The van der Waals surface area contributed by atoms with Crippen molar-refractivity contribution in [2.24, 2.45) is 0 Å². The summed E-state index contributed by atoms with van der Waals surface area (Å²) in [6.07, 6.45) is 5.69. The number of carbonyl (C=O) groups is 1. The molecule has 21 heavy (non-hydrogen) atoms. The van der Waals surface area contributed by atoms with Gasteiger partial charge in [-0.15, -0.1) is 0 Å². The van der Waals surface area contributed by atoms with Crippen molar-refractivity contribution in [1.29, 1.82) is 0 Å². The van der Waals surface area contributed by atoms with Gasteiger partial charge in [0.25, 0.3) is 0 Å². The number of nitrogens with one attached hydrogen (secondary N) is 2. The van der Waals surface area contributed by atoms with E-state index >= 15 is 0 Å². The smallest absolute Gasteiger partial charge is 0.242 e. The van der Waals surface area contributed by atoms with Crippen molar-refractivity contribution >= 4 is 11.7 Å². The zero-order valence-corrected chi connectivity index (χ0v) is 12.1. The average molecular weight is 290 g/mol. The Balaban J connectivity index is 1.67. The van der Waals surface area contributed by atoms with Crippen molar-refractivity contribution in [2.75, 3.05) is 25.0 Å². The largest absolute Gasteiger partial charge is 0.504 e. The molecule has 2 aliphatic rings. The molecular weight excluding hydrogens is 268 g/mol. The van der Waals surface area contributed by atoms with Gasteiger partial charge >= 0.3 is 0 Å². The van der Waals surface area contributed by atoms with E-state index in [9.17, 15) is 9.90 Å². The molecule has 1 amide bonds. The first-order chi connectivity index (χ1) is 10.3. The van der Waals surface area contributed by atoms with E-state index in [4.69, 9.17) is 0 Å². The lowest BCUT2D eigenvalue weighted by Crippen LogP contribution is -2.49. The highest BCUT2D eigenvalue weighted by Crippen LogP contribution is 2.26. The lowest BCUT2D eigenvalue weighted by molar-refractivity contribution is -0.121. The first kappa shape index (κ1) is 14.3. The molecule has 114 valence electrons. The van der Waals surface area contributed by atoms with Crippen LogP contribution in [0, 0.1) is 0 Å². The highest BCUT2D eigenvalue weighted by atomic mass is 16.3. The third-order valence-corrected chi connectivity index (χ3v) is 4.40. The van der Waals surface area contributed by atoms with Crippen LogP contribution in [0.4, 0.5) is 5.82 Å². The maximum absolute atomic E-state index is 12.5. The van der Waals surface area contributed by atoms with Crippen LogP contribution in [0.5, 0.6) is 5.75 Å². The fraction of sp³-hybridized carbons (Fsp3) is 0.600. The van der Waals surface area contributed by atoms with Crippen LogP contribution in [-0.2, 0) is 4.79 Å². The SMILES string of the molecule is O=C(Nc1ncccc1O)C1CCCN1C1CCNCC1. The van der Waals surface area contributed by atoms with Gasteiger partial charge in [-0.3, -0.25) is 9.69 Å². The number of rotatable bonds is 3. The predicted octanol–water partition coefficient (Wildman–Crippen LogP) is 0.942. The summed E-state index contributed by atoms with van der Waals surface area (Å²) in [5.41, 5.74) is 0. The number of piperidine rings is 1. The molecule has 1 aromatic heterocycles. The van der Waals surface area contributed by atoms with Crippen LogP contribution in [-0.4, -0.2) is 52.6 Å². The molecule has 1 aromatic rings. The van der Waals surface area contributed by atoms with Crippen LogP contribution in [0.25, 0.3) is 0 Å². The van der Waals surface area contributed by atoms with E-state index in [1.165, 1.54) is 6.07 Å². The molecule has 6 nitrogen and oxygen atoms in total. The number of anilines is 1. The Bertz CT molecular complexity index is 502. The van der Waals surface area contributed by atoms with Gasteiger partial charge in [0.2, 0.25) is 5.91 Å². The predicted molar refractivity (Wildman–Crippen MR) is 80.2 cm³/mol. The normalized spacial score (nSPS) is 24.1. The maximum atomic E-state index is 12.5. The van der Waals surface area contributed by atoms with E-state index in [-0.39, 0.29) is 23.5 Å². The molecule has 3 rings (SSSR count). The van der Waals surface area contributed by atoms with Gasteiger partial charge in [0.15, 0.2) is 11.6 Å². The second kappa shape index (κ2) is 6.41. The molecule has 2 saturated heterocycles. The topological polar surface area (TPSA) is 77.5 Å². The summed E-state index contributed by atoms with van der Waals surface area (Å²) in [4.78, 5) is 18.8. The number of aromatic hydroxyl groups is 1. The first-order valence-electron chi connectivity index (χ1n) is 7.67. The summed E-state index contributed by atoms with van der Waals surface area (Å²) in [5, 5.41) is 15.8. The molecule has 1 atom stereocenters. The molecule has 2 aliphatic heterocycles. The molecule has 0 bridgehead atoms. The van der Waals surface area contributed by atoms with E-state index < -0.39 is 0 Å². The standard InChI is InChI=1S/C15H22N4O2/c20-13-4-1-7-17-14(13)18-15(21)12-3-2-10-19(12)11-5-8-16-9-6-11/h1,4,7,11-12,16,20H,2-3,5-6,8-10H2,(H,17,18,21). The summed E-state index contributed by atoms with van der Waals surface area (Å²) < 4.78 is 0. The number of amides is 1. The van der Waals surface area contributed by atoms with E-state index in [2.05, 4.69) is 20.5 Å². The van der Waals surface area contributed by atoms with Crippen molar-refractivity contribution < 1.29 is 9.90 Å². The van der Waals surface area contributed by atoms with Gasteiger partial charge in [-0.05, 0) is 57.5 Å². The Labute approximate surface area is 124 Å². The van der Waals surface area contributed by atoms with Crippen molar-refractivity contribution in [3.63, 3.8) is 0 Å². The zero-order valence-electron chi connectivity index (χ0n) is 12.1. The van der Waals surface area contributed by atoms with Crippen LogP contribution in [0.2, 0.25) is 0 Å². The number of aromatic nitrogens is 1. The van der Waals surface area contributed by atoms with Gasteiger partial charge < -0.3 is 15.7 Å². The van der Waals surface area contributed by atoms with Gasteiger partial charge in [-0.1, -0.05) is 0 Å². The number of hydrogen-bond donors (Lipinski definition) is 3. The zero-order chi connectivity index (χ0) is 14.7. The third-order valence-electron chi connectivity index (χ3n) is 4.40. The Kier molecular flexibility index (Phi) is 4.36. The Hall–Kier alpha value is -1.66. The molecule has 0 radical (unpaired) electrons. The molecule has 0 aliphatic carbocycles. The monoisotopic (exact) mass is 290 g/mol. The summed E-state index contributed by atoms with van der Waals surface area (Å²) in [7, 11) is 0. The third kappa shape index (κ3) is 3.16. The molecule has 0 spiro atoms. The van der Waals surface area contributed by atoms with Crippen molar-refractivity contribution in [1.82, 2.24) is 15.2 Å². The van der Waals surface area contributed by atoms with E-state index in [1.807, 2.05) is 0 Å². The first-order valence-corrected chi connectivity index (χ1v) is 7.67. The van der Waals surface area contributed by atoms with Gasteiger partial charge in [0.05, 0.1) is 6.04 Å². The van der Waals surface area contributed by atoms with E-state index in [0.717, 1.165) is 45.3 Å². The molecule has 1 unspecified atom stereocenters. The molecule has 0 aromatic carbocycles. The Morgan fingerprint density at radius 1 is 1.38 bits per heavy atom. The summed E-state index contributed by atoms with van der Waals surface area (Å²) in [6.45, 7) is 3.03. The highest BCUT2D eigenvalue weighted by Gasteiger charge is 2.36. The van der Waals surface area contributed by atoms with Crippen LogP contribution in [0.1, 0.15) is 25.7 Å². The van der Waals surface area contributed by atoms with Gasteiger partial charge in [-0.2, -0.15) is 0 Å². The summed E-state index contributed by atoms with van der Waals surface area (Å²) in [5.74, 6) is 0.206. The van der Waals surface area contributed by atoms with Gasteiger partial charge in [-0.25, -0.2) is 4.98 Å². The second-order valence-corrected chi connectivity index (χ2v) is 5.74. The second-order valence-electron chi connectivity index (χ2n) is 5.74. The lowest BCUT2D eigenvalue weighted by atomic mass is 10.0. The number of carbonyl (C=O) groups excluding carboxylic acids is 1. The molecule has 3 heterocycles. The molecule has 0 saturated carbocycles. The van der Waals surface area contributed by atoms with Crippen molar-refractivity contribution in [2.45, 2.75) is 37.8 Å². The average Bonchev–Trinajstić information content (AvgIpc) is 3.00. The van der Waals surface area contributed by atoms with Crippen LogP contribution in [0.3, 0.4) is 0 Å². The number of hydrogen-bond acceptors (Lipinski definition) is 5. The quantitative estimate of drug-likeness (QED) is 0.772. The molecule has 6 heteroatoms. The van der Waals surface area contributed by atoms with E-state index in [0.29, 0.717) is 6.04 Å². The Morgan fingerprint density at radius 2 is 2.19 bits per heavy atom. The van der Waals surface area contributed by atoms with Crippen molar-refractivity contribution in [3.8, 4) is 5.75 Å². The minimum atomic E-state index is -0.102. The van der Waals surface area contributed by atoms with Crippen LogP contribution in [0.15, 0.2) is 18.3 Å². The van der Waals surface area contributed by atoms with Gasteiger partial charge in [0, 0.05) is 12.2 Å². The van der Waals surface area contributed by atoms with E-state index in [1.54, 1.807) is 12.3 Å². The van der Waals surface area contributed by atoms with Crippen LogP contribution >= 0.6 is 0 Å². The number of likely N-dealkylation sites (tertiary alicyclic amines) is 1. The summed E-state index contributed by atoms with van der Waals surface area (Å²) >= 11 is 0. The minimum absolute atomic E-state index is 0.0114. The maximum Gasteiger partial charge on any atom is 0.242 e. The van der Waals surface area contributed by atoms with Gasteiger partial charge in [0.1, 0.15) is 0 Å².